The van der Waals surface area contributed by atoms with E-state index in [-0.39, 0.29) is 5.56 Å². The van der Waals surface area contributed by atoms with Crippen LogP contribution in [-0.2, 0) is 0 Å². The molecule has 24 heavy (non-hydrogen) atoms. The number of nitro benzene ring substituents is 1. The molecule has 1 heterocycles. The summed E-state index contributed by atoms with van der Waals surface area (Å²) in [5, 5.41) is 23.5. The van der Waals surface area contributed by atoms with Crippen LogP contribution in [0.2, 0.25) is 0 Å². The van der Waals surface area contributed by atoms with Gasteiger partial charge < -0.3 is 10.0 Å². The third-order valence-corrected chi connectivity index (χ3v) is 3.30. The fraction of sp³-hybridized carbons (Fsp3) is 0.429. The topological polar surface area (TPSA) is 150 Å². The average Bonchev–Trinajstić information content (AvgIpc) is 3.10. The van der Waals surface area contributed by atoms with Crippen molar-refractivity contribution in [2.45, 2.75) is 26.7 Å². The van der Waals surface area contributed by atoms with Crippen molar-refractivity contribution in [3.05, 3.63) is 43.8 Å². The monoisotopic (exact) mass is 335 g/mol. The molecule has 2 amide bonds. The van der Waals surface area contributed by atoms with Gasteiger partial charge in [-0.25, -0.2) is 0 Å². The molecule has 0 aromatic heterocycles. The third-order valence-electron chi connectivity index (χ3n) is 3.30. The maximum absolute atomic E-state index is 12.3. The van der Waals surface area contributed by atoms with Crippen molar-refractivity contribution >= 4 is 17.5 Å². The third kappa shape index (κ3) is 3.99. The number of phenols is 1. The van der Waals surface area contributed by atoms with Gasteiger partial charge in [0.1, 0.15) is 11.3 Å². The van der Waals surface area contributed by atoms with E-state index in [1.807, 2.05) is 13.8 Å². The first-order valence-electron chi connectivity index (χ1n) is 7.35. The predicted molar refractivity (Wildman–Crippen MR) is 84.7 cm³/mol. The van der Waals surface area contributed by atoms with Gasteiger partial charge in [-0.3, -0.25) is 19.7 Å². The van der Waals surface area contributed by atoms with Gasteiger partial charge in [0.25, 0.3) is 17.5 Å². The number of aromatic hydroxyl groups is 1. The van der Waals surface area contributed by atoms with Gasteiger partial charge in [-0.2, -0.15) is 0 Å². The summed E-state index contributed by atoms with van der Waals surface area (Å²) in [6.45, 7) is 4.94. The summed E-state index contributed by atoms with van der Waals surface area (Å²) in [7, 11) is 0. The van der Waals surface area contributed by atoms with Crippen molar-refractivity contribution < 1.29 is 19.6 Å². The lowest BCUT2D eigenvalue weighted by Gasteiger charge is -2.15. The van der Waals surface area contributed by atoms with Crippen molar-refractivity contribution in [1.82, 2.24) is 4.90 Å². The number of likely N-dealkylation sites (tertiary alicyclic amines) is 1. The SMILES string of the molecule is CC.[N-]=[N+]=NC(=O)c1cc(C(=O)N2CCCC2)c([N+](=O)[O-])cc1O. The Kier molecular flexibility index (Phi) is 6.69. The molecule has 1 aromatic carbocycles. The van der Waals surface area contributed by atoms with E-state index in [0.717, 1.165) is 18.9 Å². The van der Waals surface area contributed by atoms with Crippen LogP contribution >= 0.6 is 0 Å². The molecule has 0 spiro atoms. The maximum Gasteiger partial charge on any atom is 0.285 e. The quantitative estimate of drug-likeness (QED) is 0.296. The minimum atomic E-state index is -1.12. The first-order valence-corrected chi connectivity index (χ1v) is 7.35. The van der Waals surface area contributed by atoms with Crippen LogP contribution in [0.3, 0.4) is 0 Å². The van der Waals surface area contributed by atoms with E-state index in [9.17, 15) is 24.8 Å². The molecule has 0 bridgehead atoms. The number of nitrogens with zero attached hydrogens (tertiary/aromatic N) is 5. The van der Waals surface area contributed by atoms with Crippen LogP contribution in [-0.4, -0.2) is 39.8 Å². The molecule has 2 rings (SSSR count). The van der Waals surface area contributed by atoms with Gasteiger partial charge >= 0.3 is 0 Å². The lowest BCUT2D eigenvalue weighted by molar-refractivity contribution is -0.385. The summed E-state index contributed by atoms with van der Waals surface area (Å²) in [6, 6.07) is 1.61. The number of benzene rings is 1. The molecule has 1 aliphatic heterocycles. The fourth-order valence-electron chi connectivity index (χ4n) is 2.26. The molecule has 128 valence electrons. The van der Waals surface area contributed by atoms with E-state index < -0.39 is 33.7 Å². The molecule has 10 heteroatoms. The summed E-state index contributed by atoms with van der Waals surface area (Å²) >= 11 is 0. The number of carbonyl (C=O) groups is 2. The molecule has 1 saturated heterocycles. The molecule has 1 aromatic rings. The average molecular weight is 335 g/mol. The Hall–Kier alpha value is -3.13. The normalized spacial score (nSPS) is 12.7. The van der Waals surface area contributed by atoms with Crippen LogP contribution in [0.25, 0.3) is 10.4 Å². The molecule has 0 radical (unpaired) electrons. The van der Waals surface area contributed by atoms with Crippen LogP contribution < -0.4 is 0 Å². The van der Waals surface area contributed by atoms with Crippen LogP contribution in [0.4, 0.5) is 5.69 Å². The molecular formula is C14H17N5O5. The van der Waals surface area contributed by atoms with Crippen LogP contribution in [0.1, 0.15) is 47.4 Å². The van der Waals surface area contributed by atoms with Crippen molar-refractivity contribution in [1.29, 1.82) is 0 Å². The second-order valence-corrected chi connectivity index (χ2v) is 4.64. The zero-order valence-electron chi connectivity index (χ0n) is 13.3. The summed E-state index contributed by atoms with van der Waals surface area (Å²) in [6.07, 6.45) is 1.59. The van der Waals surface area contributed by atoms with Gasteiger partial charge in [0.2, 0.25) is 0 Å². The molecule has 0 aliphatic carbocycles. The van der Waals surface area contributed by atoms with E-state index >= 15 is 0 Å². The number of carbonyl (C=O) groups excluding carboxylic acids is 2. The Morgan fingerprint density at radius 3 is 2.38 bits per heavy atom. The van der Waals surface area contributed by atoms with Crippen molar-refractivity contribution in [3.63, 3.8) is 0 Å². The van der Waals surface area contributed by atoms with Gasteiger partial charge in [-0.1, -0.05) is 13.8 Å². The minimum absolute atomic E-state index is 0.318. The van der Waals surface area contributed by atoms with E-state index in [1.165, 1.54) is 4.90 Å². The van der Waals surface area contributed by atoms with Gasteiger partial charge in [0, 0.05) is 18.0 Å². The van der Waals surface area contributed by atoms with E-state index in [2.05, 4.69) is 10.0 Å². The molecule has 1 N–H and O–H groups in total. The lowest BCUT2D eigenvalue weighted by Crippen LogP contribution is -2.28. The molecule has 1 fully saturated rings. The summed E-state index contributed by atoms with van der Waals surface area (Å²) in [5.41, 5.74) is 6.88. The summed E-state index contributed by atoms with van der Waals surface area (Å²) in [4.78, 5) is 37.9. The molecule has 0 atom stereocenters. The minimum Gasteiger partial charge on any atom is -0.507 e. The molecule has 1 aliphatic rings. The lowest BCUT2D eigenvalue weighted by atomic mass is 10.1. The van der Waals surface area contributed by atoms with E-state index in [4.69, 9.17) is 5.53 Å². The second kappa shape index (κ2) is 8.49. The second-order valence-electron chi connectivity index (χ2n) is 4.64. The van der Waals surface area contributed by atoms with Gasteiger partial charge in [0.05, 0.1) is 16.6 Å². The van der Waals surface area contributed by atoms with Crippen molar-refractivity contribution in [3.8, 4) is 5.75 Å². The van der Waals surface area contributed by atoms with Crippen LogP contribution in [0.5, 0.6) is 5.75 Å². The number of hydrogen-bond donors (Lipinski definition) is 1. The first-order chi connectivity index (χ1) is 11.5. The standard InChI is InChI=1S/C12H11N5O5.C2H6/c13-15-14-11(19)8-5-7(9(17(21)22)6-10(8)18)12(20)16-3-1-2-4-16;1-2/h5-6,18H,1-4H2;1-2H3. The number of rotatable bonds is 3. The Bertz CT molecular complexity index is 706. The first kappa shape index (κ1) is 18.9. The summed E-state index contributed by atoms with van der Waals surface area (Å²) in [5.74, 6) is -2.44. The van der Waals surface area contributed by atoms with Crippen molar-refractivity contribution in [2.24, 2.45) is 5.11 Å². The number of azide groups is 1. The van der Waals surface area contributed by atoms with Crippen molar-refractivity contribution in [2.75, 3.05) is 13.1 Å². The predicted octanol–water partition coefficient (Wildman–Crippen LogP) is 3.01. The highest BCUT2D eigenvalue weighted by Crippen LogP contribution is 2.30. The fourth-order valence-corrected chi connectivity index (χ4v) is 2.26. The summed E-state index contributed by atoms with van der Waals surface area (Å²) < 4.78 is 0. The Morgan fingerprint density at radius 2 is 1.88 bits per heavy atom. The maximum atomic E-state index is 12.3. The number of nitro groups is 1. The number of phenolic OH excluding ortho intramolecular Hbond substituents is 1. The molecule has 10 nitrogen and oxygen atoms in total. The highest BCUT2D eigenvalue weighted by molar-refractivity contribution is 6.04. The highest BCUT2D eigenvalue weighted by Gasteiger charge is 2.29. The molecule has 0 unspecified atom stereocenters. The van der Waals surface area contributed by atoms with E-state index in [0.29, 0.717) is 19.2 Å². The van der Waals surface area contributed by atoms with Gasteiger partial charge in [-0.05, 0) is 29.6 Å². The van der Waals surface area contributed by atoms with Crippen LogP contribution in [0.15, 0.2) is 17.2 Å². The Balaban J connectivity index is 0.00000139. The molecular weight excluding hydrogens is 318 g/mol. The van der Waals surface area contributed by atoms with E-state index in [1.54, 1.807) is 0 Å². The zero-order chi connectivity index (χ0) is 18.3. The number of amides is 2. The Labute approximate surface area is 137 Å². The zero-order valence-corrected chi connectivity index (χ0v) is 13.3. The molecule has 0 saturated carbocycles. The number of hydrogen-bond acceptors (Lipinski definition) is 5. The Morgan fingerprint density at radius 1 is 1.29 bits per heavy atom. The highest BCUT2D eigenvalue weighted by atomic mass is 16.6. The van der Waals surface area contributed by atoms with Crippen LogP contribution in [0, 0.1) is 10.1 Å². The van der Waals surface area contributed by atoms with Gasteiger partial charge in [-0.15, -0.1) is 0 Å². The smallest absolute Gasteiger partial charge is 0.285 e. The van der Waals surface area contributed by atoms with Gasteiger partial charge in [0.15, 0.2) is 0 Å². The largest absolute Gasteiger partial charge is 0.507 e.